The van der Waals surface area contributed by atoms with Crippen LogP contribution in [0.5, 0.6) is 0 Å². The minimum atomic E-state index is -0.0794. The molecule has 1 heterocycles. The molecule has 3 aromatic carbocycles. The fraction of sp³-hybridized carbons (Fsp3) is 0.321. The standard InChI is InChI=1S/C28H29BrN/c1-28(19-22-12-6-8-14-24(22)29)26(18-15-20-9-3-4-10-20)30(2)25-17-16-21-11-5-7-13-23(21)27(25)28/h5-8,11-18,20H,3-4,9-10,19H2,1-2H3/q+1. The molecular formula is C28H29BrN+. The molecule has 2 heteroatoms. The Morgan fingerprint density at radius 2 is 1.73 bits per heavy atom. The number of hydrogen-bond acceptors (Lipinski definition) is 0. The van der Waals surface area contributed by atoms with Crippen molar-refractivity contribution >= 4 is 38.1 Å². The van der Waals surface area contributed by atoms with Crippen LogP contribution in [0.15, 0.2) is 77.3 Å². The Morgan fingerprint density at radius 1 is 1.00 bits per heavy atom. The highest BCUT2D eigenvalue weighted by Gasteiger charge is 2.48. The van der Waals surface area contributed by atoms with Crippen LogP contribution in [0.1, 0.15) is 43.7 Å². The summed E-state index contributed by atoms with van der Waals surface area (Å²) < 4.78 is 3.63. The molecule has 3 aromatic rings. The van der Waals surface area contributed by atoms with E-state index < -0.39 is 0 Å². The van der Waals surface area contributed by atoms with E-state index in [1.165, 1.54) is 63.5 Å². The van der Waals surface area contributed by atoms with E-state index >= 15 is 0 Å². The molecule has 0 bridgehead atoms. The number of rotatable bonds is 4. The van der Waals surface area contributed by atoms with Crippen molar-refractivity contribution in [2.45, 2.75) is 44.4 Å². The molecule has 0 amide bonds. The first kappa shape index (κ1) is 19.8. The van der Waals surface area contributed by atoms with Crippen LogP contribution in [0.25, 0.3) is 10.8 Å². The van der Waals surface area contributed by atoms with Crippen molar-refractivity contribution in [2.24, 2.45) is 5.92 Å². The first-order chi connectivity index (χ1) is 14.6. The fourth-order valence-corrected chi connectivity index (χ4v) is 6.05. The average molecular weight is 459 g/mol. The summed E-state index contributed by atoms with van der Waals surface area (Å²) in [5.41, 5.74) is 5.50. The lowest BCUT2D eigenvalue weighted by molar-refractivity contribution is -0.401. The average Bonchev–Trinajstić information content (AvgIpc) is 3.34. The summed E-state index contributed by atoms with van der Waals surface area (Å²) in [5.74, 6) is 0.735. The summed E-state index contributed by atoms with van der Waals surface area (Å²) in [6.45, 7) is 2.44. The van der Waals surface area contributed by atoms with E-state index in [1.54, 1.807) is 0 Å². The maximum Gasteiger partial charge on any atom is 0.210 e. The van der Waals surface area contributed by atoms with Crippen LogP contribution < -0.4 is 0 Å². The van der Waals surface area contributed by atoms with Gasteiger partial charge < -0.3 is 0 Å². The highest BCUT2D eigenvalue weighted by atomic mass is 79.9. The zero-order chi connectivity index (χ0) is 20.7. The molecule has 1 fully saturated rings. The van der Waals surface area contributed by atoms with Crippen LogP contribution in [0, 0.1) is 5.92 Å². The van der Waals surface area contributed by atoms with Crippen molar-refractivity contribution in [3.63, 3.8) is 0 Å². The molecule has 5 rings (SSSR count). The number of hydrogen-bond donors (Lipinski definition) is 0. The lowest BCUT2D eigenvalue weighted by atomic mass is 9.73. The molecule has 0 saturated heterocycles. The van der Waals surface area contributed by atoms with Crippen LogP contribution in [-0.2, 0) is 11.8 Å². The monoisotopic (exact) mass is 458 g/mol. The molecule has 1 aliphatic heterocycles. The van der Waals surface area contributed by atoms with E-state index in [9.17, 15) is 0 Å². The van der Waals surface area contributed by atoms with Gasteiger partial charge >= 0.3 is 0 Å². The Morgan fingerprint density at radius 3 is 2.53 bits per heavy atom. The number of nitrogens with zero attached hydrogens (tertiary/aromatic N) is 1. The van der Waals surface area contributed by atoms with Crippen molar-refractivity contribution in [1.82, 2.24) is 0 Å². The normalized spacial score (nSPS) is 21.8. The van der Waals surface area contributed by atoms with E-state index in [0.717, 1.165) is 12.3 Å². The topological polar surface area (TPSA) is 3.01 Å². The molecule has 0 N–H and O–H groups in total. The number of halogens is 1. The third kappa shape index (κ3) is 3.26. The van der Waals surface area contributed by atoms with Crippen molar-refractivity contribution in [3.05, 3.63) is 88.4 Å². The number of benzene rings is 3. The molecule has 1 unspecified atom stereocenters. The van der Waals surface area contributed by atoms with Gasteiger partial charge in [-0.3, -0.25) is 0 Å². The smallest absolute Gasteiger partial charge is 0.198 e. The molecule has 30 heavy (non-hydrogen) atoms. The van der Waals surface area contributed by atoms with Crippen LogP contribution in [-0.4, -0.2) is 17.3 Å². The minimum absolute atomic E-state index is 0.0794. The van der Waals surface area contributed by atoms with E-state index in [1.807, 2.05) is 0 Å². The van der Waals surface area contributed by atoms with E-state index in [0.29, 0.717) is 0 Å². The molecular weight excluding hydrogens is 430 g/mol. The molecule has 152 valence electrons. The number of allylic oxidation sites excluding steroid dienone is 2. The van der Waals surface area contributed by atoms with Gasteiger partial charge in [0.05, 0.1) is 5.41 Å². The second-order valence-corrected chi connectivity index (χ2v) is 9.98. The first-order valence-electron chi connectivity index (χ1n) is 11.1. The Hall–Kier alpha value is -2.19. The van der Waals surface area contributed by atoms with Gasteiger partial charge in [-0.1, -0.05) is 77.3 Å². The predicted molar refractivity (Wildman–Crippen MR) is 131 cm³/mol. The number of fused-ring (bicyclic) bond motifs is 3. The minimum Gasteiger partial charge on any atom is -0.198 e. The van der Waals surface area contributed by atoms with Crippen molar-refractivity contribution in [3.8, 4) is 0 Å². The van der Waals surface area contributed by atoms with Gasteiger partial charge in [-0.05, 0) is 60.6 Å². The summed E-state index contributed by atoms with van der Waals surface area (Å²) in [6, 6.07) is 22.1. The molecule has 2 aliphatic rings. The molecule has 0 aromatic heterocycles. The summed E-state index contributed by atoms with van der Waals surface area (Å²) >= 11 is 3.80. The fourth-order valence-electron chi connectivity index (χ4n) is 5.62. The SMILES string of the molecule is C[N+]1=C(C=CC2CCCC2)C(C)(Cc2ccccc2Br)c2c1ccc1ccccc21. The Balaban J connectivity index is 1.69. The lowest BCUT2D eigenvalue weighted by Crippen LogP contribution is -2.33. The van der Waals surface area contributed by atoms with Gasteiger partial charge in [0.1, 0.15) is 7.05 Å². The van der Waals surface area contributed by atoms with Crippen LogP contribution in [0.2, 0.25) is 0 Å². The molecule has 0 radical (unpaired) electrons. The van der Waals surface area contributed by atoms with Crippen LogP contribution in [0.3, 0.4) is 0 Å². The van der Waals surface area contributed by atoms with Crippen molar-refractivity contribution in [2.75, 3.05) is 7.05 Å². The van der Waals surface area contributed by atoms with Gasteiger partial charge in [0.15, 0.2) is 5.71 Å². The predicted octanol–water partition coefficient (Wildman–Crippen LogP) is 7.58. The third-order valence-corrected chi connectivity index (χ3v) is 7.95. The lowest BCUT2D eigenvalue weighted by Gasteiger charge is -2.25. The second-order valence-electron chi connectivity index (χ2n) is 9.13. The van der Waals surface area contributed by atoms with Gasteiger partial charge in [0.25, 0.3) is 0 Å². The van der Waals surface area contributed by atoms with Gasteiger partial charge in [-0.25, -0.2) is 0 Å². The maximum absolute atomic E-state index is 3.80. The summed E-state index contributed by atoms with van der Waals surface area (Å²) in [6.07, 6.45) is 11.3. The second kappa shape index (κ2) is 7.81. The Kier molecular flexibility index (Phi) is 5.14. The quantitative estimate of drug-likeness (QED) is 0.354. The Labute approximate surface area is 188 Å². The van der Waals surface area contributed by atoms with Crippen molar-refractivity contribution in [1.29, 1.82) is 0 Å². The summed E-state index contributed by atoms with van der Waals surface area (Å²) in [7, 11) is 2.24. The zero-order valence-corrected chi connectivity index (χ0v) is 19.5. The molecule has 0 spiro atoms. The zero-order valence-electron chi connectivity index (χ0n) is 17.9. The maximum atomic E-state index is 3.80. The van der Waals surface area contributed by atoms with Gasteiger partial charge in [-0.15, -0.1) is 0 Å². The molecule has 1 nitrogen and oxygen atoms in total. The third-order valence-electron chi connectivity index (χ3n) is 7.17. The molecule has 1 saturated carbocycles. The summed E-state index contributed by atoms with van der Waals surface area (Å²) in [5, 5.41) is 2.70. The largest absolute Gasteiger partial charge is 0.210 e. The van der Waals surface area contributed by atoms with E-state index in [-0.39, 0.29) is 5.41 Å². The van der Waals surface area contributed by atoms with Crippen LogP contribution in [0.4, 0.5) is 5.69 Å². The van der Waals surface area contributed by atoms with Crippen molar-refractivity contribution < 1.29 is 4.58 Å². The van der Waals surface area contributed by atoms with Gasteiger partial charge in [0.2, 0.25) is 5.69 Å². The highest BCUT2D eigenvalue weighted by Crippen LogP contribution is 2.46. The molecule has 1 atom stereocenters. The summed E-state index contributed by atoms with van der Waals surface area (Å²) in [4.78, 5) is 0. The van der Waals surface area contributed by atoms with Crippen LogP contribution >= 0.6 is 15.9 Å². The molecule has 1 aliphatic carbocycles. The Bertz CT molecular complexity index is 1170. The first-order valence-corrected chi connectivity index (χ1v) is 11.9. The van der Waals surface area contributed by atoms with E-state index in [2.05, 4.69) is 107 Å². The van der Waals surface area contributed by atoms with Gasteiger partial charge in [-0.2, -0.15) is 4.58 Å². The van der Waals surface area contributed by atoms with E-state index in [4.69, 9.17) is 0 Å². The van der Waals surface area contributed by atoms with Gasteiger partial charge in [0, 0.05) is 22.2 Å². The highest BCUT2D eigenvalue weighted by molar-refractivity contribution is 9.10.